The van der Waals surface area contributed by atoms with E-state index in [9.17, 15) is 9.59 Å². The molecule has 0 aliphatic heterocycles. The van der Waals surface area contributed by atoms with Crippen LogP contribution in [0.2, 0.25) is 0 Å². The van der Waals surface area contributed by atoms with Crippen LogP contribution >= 0.6 is 0 Å². The van der Waals surface area contributed by atoms with Crippen LogP contribution in [0.4, 0.5) is 11.6 Å². The molecule has 11 nitrogen and oxygen atoms in total. The monoisotopic (exact) mass is 494 g/mol. The number of aryl methyl sites for hydroxylation is 1. The average molecular weight is 495 g/mol. The number of nitrogens with zero attached hydrogens (tertiary/aromatic N) is 5. The van der Waals surface area contributed by atoms with Crippen LogP contribution in [0.1, 0.15) is 31.8 Å². The van der Waals surface area contributed by atoms with Gasteiger partial charge in [-0.2, -0.15) is 5.10 Å². The first-order valence-corrected chi connectivity index (χ1v) is 11.3. The quantitative estimate of drug-likeness (QED) is 0.207. The van der Waals surface area contributed by atoms with Crippen LogP contribution in [0.25, 0.3) is 22.3 Å². The number of nitrogen functional groups attached to an aromatic ring is 1. The first-order valence-electron chi connectivity index (χ1n) is 11.3. The summed E-state index contributed by atoms with van der Waals surface area (Å²) in [6.07, 6.45) is 3.02. The lowest BCUT2D eigenvalue weighted by molar-refractivity contribution is 0.0706. The number of rotatable bonds is 6. The van der Waals surface area contributed by atoms with E-state index >= 15 is 0 Å². The molecule has 5 N–H and O–H groups in total. The van der Waals surface area contributed by atoms with Crippen molar-refractivity contribution in [2.45, 2.75) is 13.5 Å². The molecule has 0 spiro atoms. The molecule has 0 aliphatic carbocycles. The molecule has 0 saturated carbocycles. The van der Waals surface area contributed by atoms with Gasteiger partial charge in [0.1, 0.15) is 23.7 Å². The summed E-state index contributed by atoms with van der Waals surface area (Å²) >= 11 is 0. The van der Waals surface area contributed by atoms with Gasteiger partial charge in [-0.15, -0.1) is 0 Å². The van der Waals surface area contributed by atoms with Gasteiger partial charge in [0.2, 0.25) is 0 Å². The van der Waals surface area contributed by atoms with E-state index in [-0.39, 0.29) is 11.7 Å². The Morgan fingerprint density at radius 1 is 0.946 bits per heavy atom. The predicted octanol–water partition coefficient (Wildman–Crippen LogP) is 3.20. The third-order valence-corrected chi connectivity index (χ3v) is 5.79. The highest BCUT2D eigenvalue weighted by Crippen LogP contribution is 2.30. The molecule has 184 valence electrons. The highest BCUT2D eigenvalue weighted by Gasteiger charge is 2.18. The Hall–Kier alpha value is -5.16. The molecule has 5 aromatic rings. The van der Waals surface area contributed by atoms with Gasteiger partial charge < -0.3 is 11.1 Å². The van der Waals surface area contributed by atoms with Crippen molar-refractivity contribution in [2.75, 3.05) is 11.1 Å². The first-order chi connectivity index (χ1) is 17.9. The van der Waals surface area contributed by atoms with Gasteiger partial charge in [0.05, 0.1) is 11.9 Å². The summed E-state index contributed by atoms with van der Waals surface area (Å²) in [5, 5.41) is 16.9. The van der Waals surface area contributed by atoms with Crippen molar-refractivity contribution in [2.24, 2.45) is 0 Å². The van der Waals surface area contributed by atoms with Gasteiger partial charge in [0.15, 0.2) is 5.65 Å². The second kappa shape index (κ2) is 9.84. The number of nitrogens with two attached hydrogens (primary N) is 1. The zero-order chi connectivity index (χ0) is 25.9. The molecule has 11 heteroatoms. The third kappa shape index (κ3) is 4.83. The van der Waals surface area contributed by atoms with Crippen molar-refractivity contribution >= 4 is 34.5 Å². The molecule has 37 heavy (non-hydrogen) atoms. The molecular formula is C26H22N8O3. The molecule has 0 saturated heterocycles. The summed E-state index contributed by atoms with van der Waals surface area (Å²) in [6.45, 7) is 2.29. The number of anilines is 2. The Bertz CT molecular complexity index is 1610. The summed E-state index contributed by atoms with van der Waals surface area (Å²) in [6, 6.07) is 17.4. The first kappa shape index (κ1) is 23.6. The third-order valence-electron chi connectivity index (χ3n) is 5.79. The number of amides is 2. The smallest absolute Gasteiger partial charge is 0.274 e. The molecule has 2 aromatic carbocycles. The van der Waals surface area contributed by atoms with Crippen molar-refractivity contribution in [1.29, 1.82) is 0 Å². The number of benzene rings is 2. The minimum atomic E-state index is -0.592. The summed E-state index contributed by atoms with van der Waals surface area (Å²) in [5.74, 6) is -0.102. The van der Waals surface area contributed by atoms with Gasteiger partial charge in [0, 0.05) is 22.9 Å². The molecule has 3 heterocycles. The van der Waals surface area contributed by atoms with E-state index in [0.717, 1.165) is 16.7 Å². The van der Waals surface area contributed by atoms with E-state index in [2.05, 4.69) is 20.3 Å². The Kier molecular flexibility index (Phi) is 6.27. The van der Waals surface area contributed by atoms with Crippen LogP contribution in [-0.2, 0) is 6.54 Å². The minimum absolute atomic E-state index is 0.277. The van der Waals surface area contributed by atoms with Crippen LogP contribution in [0.15, 0.2) is 73.2 Å². The highest BCUT2D eigenvalue weighted by atomic mass is 16.5. The molecule has 0 fully saturated rings. The molecule has 5 rings (SSSR count). The fraction of sp³-hybridized carbons (Fsp3) is 0.0769. The van der Waals surface area contributed by atoms with Gasteiger partial charge in [-0.25, -0.2) is 25.1 Å². The number of carbonyl (C=O) groups is 2. The Balaban J connectivity index is 1.44. The largest absolute Gasteiger partial charge is 0.383 e. The molecule has 3 aromatic heterocycles. The Labute approximate surface area is 211 Å². The van der Waals surface area contributed by atoms with Crippen molar-refractivity contribution in [3.05, 3.63) is 95.4 Å². The predicted molar refractivity (Wildman–Crippen MR) is 137 cm³/mol. The lowest BCUT2D eigenvalue weighted by Gasteiger charge is -2.06. The molecule has 2 amide bonds. The average Bonchev–Trinajstić information content (AvgIpc) is 3.28. The van der Waals surface area contributed by atoms with Crippen LogP contribution < -0.4 is 16.5 Å². The van der Waals surface area contributed by atoms with Crippen LogP contribution in [0.5, 0.6) is 0 Å². The van der Waals surface area contributed by atoms with E-state index in [1.807, 2.05) is 13.0 Å². The van der Waals surface area contributed by atoms with Gasteiger partial charge in [0.25, 0.3) is 11.8 Å². The van der Waals surface area contributed by atoms with Crippen molar-refractivity contribution in [3.8, 4) is 11.3 Å². The molecule has 0 unspecified atom stereocenters. The molecule has 0 radical (unpaired) electrons. The number of nitrogens with one attached hydrogen (secondary N) is 2. The lowest BCUT2D eigenvalue weighted by Crippen LogP contribution is -2.18. The van der Waals surface area contributed by atoms with Crippen molar-refractivity contribution in [3.63, 3.8) is 0 Å². The molecule has 0 aliphatic rings. The number of hydrogen-bond acceptors (Lipinski definition) is 8. The normalized spacial score (nSPS) is 10.9. The van der Waals surface area contributed by atoms with Crippen LogP contribution in [0.3, 0.4) is 0 Å². The molecule has 0 atom stereocenters. The lowest BCUT2D eigenvalue weighted by atomic mass is 10.1. The number of fused-ring (bicyclic) bond motifs is 1. The Morgan fingerprint density at radius 2 is 1.65 bits per heavy atom. The highest BCUT2D eigenvalue weighted by molar-refractivity contribution is 6.04. The van der Waals surface area contributed by atoms with Gasteiger partial charge in [-0.3, -0.25) is 14.8 Å². The summed E-state index contributed by atoms with van der Waals surface area (Å²) in [5.41, 5.74) is 12.3. The van der Waals surface area contributed by atoms with Crippen molar-refractivity contribution < 1.29 is 14.8 Å². The Morgan fingerprint density at radius 3 is 2.35 bits per heavy atom. The number of aromatic nitrogens is 5. The summed E-state index contributed by atoms with van der Waals surface area (Å²) in [7, 11) is 0. The summed E-state index contributed by atoms with van der Waals surface area (Å²) in [4.78, 5) is 36.9. The minimum Gasteiger partial charge on any atom is -0.383 e. The maximum Gasteiger partial charge on any atom is 0.274 e. The summed E-state index contributed by atoms with van der Waals surface area (Å²) < 4.78 is 1.70. The van der Waals surface area contributed by atoms with Gasteiger partial charge in [-0.05, 0) is 54.4 Å². The fourth-order valence-electron chi connectivity index (χ4n) is 3.91. The van der Waals surface area contributed by atoms with Crippen LogP contribution in [-0.4, -0.2) is 41.8 Å². The van der Waals surface area contributed by atoms with Crippen LogP contribution in [0, 0.1) is 6.92 Å². The number of carbonyl (C=O) groups excluding carboxylic acids is 2. The standard InChI is InChI=1S/C26H22N8O3/c1-15-10-11-28-20(12-15)31-25(35)18-8-6-17(7-9-18)22-21-23(27)29-14-30-24(21)34(32-22)13-16-2-4-19(5-3-16)26(36)33-37/h2-12,14,37H,13H2,1H3,(H,33,36)(H2,27,29,30)(H,28,31,35). The van der Waals surface area contributed by atoms with Gasteiger partial charge in [-0.1, -0.05) is 24.3 Å². The zero-order valence-electron chi connectivity index (χ0n) is 19.7. The molecule has 0 bridgehead atoms. The SMILES string of the molecule is Cc1ccnc(NC(=O)c2ccc(-c3nn(Cc4ccc(C(=O)NO)cc4)c4ncnc(N)c34)cc2)c1. The van der Waals surface area contributed by atoms with E-state index < -0.39 is 5.91 Å². The van der Waals surface area contributed by atoms with E-state index in [0.29, 0.717) is 40.2 Å². The fourth-order valence-corrected chi connectivity index (χ4v) is 3.91. The van der Waals surface area contributed by atoms with Gasteiger partial charge >= 0.3 is 0 Å². The topological polar surface area (TPSA) is 161 Å². The van der Waals surface area contributed by atoms with E-state index in [4.69, 9.17) is 16.0 Å². The number of hydroxylamine groups is 1. The zero-order valence-corrected chi connectivity index (χ0v) is 19.7. The second-order valence-electron chi connectivity index (χ2n) is 8.35. The number of hydrogen-bond donors (Lipinski definition) is 4. The maximum atomic E-state index is 12.7. The second-order valence-corrected chi connectivity index (χ2v) is 8.35. The molecular weight excluding hydrogens is 472 g/mol. The van der Waals surface area contributed by atoms with E-state index in [1.165, 1.54) is 6.33 Å². The van der Waals surface area contributed by atoms with E-state index in [1.54, 1.807) is 71.0 Å². The van der Waals surface area contributed by atoms with Crippen molar-refractivity contribution in [1.82, 2.24) is 30.2 Å². The maximum absolute atomic E-state index is 12.7. The number of pyridine rings is 1.